The molecule has 0 radical (unpaired) electrons. The molecule has 156 valence electrons. The van der Waals surface area contributed by atoms with E-state index in [0.29, 0.717) is 30.2 Å². The van der Waals surface area contributed by atoms with Crippen molar-refractivity contribution in [1.29, 1.82) is 0 Å². The molecule has 30 heavy (non-hydrogen) atoms. The third-order valence-electron chi connectivity index (χ3n) is 5.27. The van der Waals surface area contributed by atoms with Crippen molar-refractivity contribution >= 4 is 17.5 Å². The molecule has 2 heterocycles. The van der Waals surface area contributed by atoms with Gasteiger partial charge in [-0.05, 0) is 36.2 Å². The number of carbonyl (C=O) groups is 2. The smallest absolute Gasteiger partial charge is 0.263 e. The summed E-state index contributed by atoms with van der Waals surface area (Å²) in [6.07, 6.45) is 0.657. The van der Waals surface area contributed by atoms with Crippen molar-refractivity contribution in [3.8, 4) is 17.2 Å². The normalized spacial score (nSPS) is 20.0. The third kappa shape index (κ3) is 3.32. The molecule has 9 nitrogen and oxygen atoms in total. The van der Waals surface area contributed by atoms with E-state index in [4.69, 9.17) is 14.2 Å². The van der Waals surface area contributed by atoms with Crippen LogP contribution in [-0.2, 0) is 16.0 Å². The Kier molecular flexibility index (Phi) is 5.26. The van der Waals surface area contributed by atoms with Gasteiger partial charge in [0.2, 0.25) is 0 Å². The van der Waals surface area contributed by atoms with Gasteiger partial charge in [-0.15, -0.1) is 0 Å². The minimum Gasteiger partial charge on any atom is -0.497 e. The van der Waals surface area contributed by atoms with Gasteiger partial charge < -0.3 is 14.2 Å². The Morgan fingerprint density at radius 2 is 1.63 bits per heavy atom. The van der Waals surface area contributed by atoms with Crippen LogP contribution >= 0.6 is 0 Å². The summed E-state index contributed by atoms with van der Waals surface area (Å²) in [6, 6.07) is 11.0. The predicted octanol–water partition coefficient (Wildman–Crippen LogP) is 2.25. The second-order valence-electron chi connectivity index (χ2n) is 6.91. The maximum atomic E-state index is 13.1. The van der Waals surface area contributed by atoms with Crippen LogP contribution in [-0.4, -0.2) is 56.8 Å². The van der Waals surface area contributed by atoms with Gasteiger partial charge in [0, 0.05) is 12.6 Å². The molecule has 4 rings (SSSR count). The molecule has 2 amide bonds. The van der Waals surface area contributed by atoms with Crippen LogP contribution < -0.4 is 19.1 Å². The monoisotopic (exact) mass is 410 g/mol. The number of anilines is 1. The minimum absolute atomic E-state index is 0.350. The quantitative estimate of drug-likeness (QED) is 0.650. The van der Waals surface area contributed by atoms with E-state index in [0.717, 1.165) is 16.2 Å². The Morgan fingerprint density at radius 1 is 0.900 bits per heavy atom. The molecule has 2 aliphatic rings. The molecule has 9 heteroatoms. The molecule has 0 N–H and O–H groups in total. The summed E-state index contributed by atoms with van der Waals surface area (Å²) in [7, 11) is 4.64. The highest BCUT2D eigenvalue weighted by molar-refractivity contribution is 6.25. The molecule has 0 spiro atoms. The minimum atomic E-state index is -0.832. The van der Waals surface area contributed by atoms with Gasteiger partial charge >= 0.3 is 0 Å². The molecule has 0 aliphatic carbocycles. The van der Waals surface area contributed by atoms with Crippen LogP contribution in [0.1, 0.15) is 5.56 Å². The number of benzene rings is 2. The molecule has 2 atom stereocenters. The van der Waals surface area contributed by atoms with Gasteiger partial charge in [0.25, 0.3) is 11.8 Å². The highest BCUT2D eigenvalue weighted by Crippen LogP contribution is 2.36. The maximum Gasteiger partial charge on any atom is 0.263 e. The van der Waals surface area contributed by atoms with Crippen molar-refractivity contribution in [2.45, 2.75) is 18.5 Å². The van der Waals surface area contributed by atoms with Gasteiger partial charge in [-0.2, -0.15) is 5.11 Å². The molecule has 0 aromatic heterocycles. The van der Waals surface area contributed by atoms with Crippen molar-refractivity contribution in [3.63, 3.8) is 0 Å². The first-order valence-electron chi connectivity index (χ1n) is 9.47. The summed E-state index contributed by atoms with van der Waals surface area (Å²) in [6.45, 7) is 0.468. The molecule has 0 unspecified atom stereocenters. The van der Waals surface area contributed by atoms with Gasteiger partial charge in [0.1, 0.15) is 5.75 Å². The van der Waals surface area contributed by atoms with Crippen molar-refractivity contribution in [3.05, 3.63) is 48.0 Å². The second-order valence-corrected chi connectivity index (χ2v) is 6.91. The predicted molar refractivity (Wildman–Crippen MR) is 108 cm³/mol. The van der Waals surface area contributed by atoms with Gasteiger partial charge in [0.15, 0.2) is 23.6 Å². The average molecular weight is 410 g/mol. The molecular weight excluding hydrogens is 388 g/mol. The van der Waals surface area contributed by atoms with Crippen LogP contribution in [0, 0.1) is 0 Å². The maximum absolute atomic E-state index is 13.1. The lowest BCUT2D eigenvalue weighted by Crippen LogP contribution is -2.40. The number of amides is 2. The van der Waals surface area contributed by atoms with E-state index in [-0.39, 0.29) is 5.91 Å². The van der Waals surface area contributed by atoms with E-state index < -0.39 is 18.0 Å². The number of rotatable bonds is 7. The molecule has 0 bridgehead atoms. The number of hydrogen-bond acceptors (Lipinski definition) is 8. The number of hydrogen-bond donors (Lipinski definition) is 0. The first kappa shape index (κ1) is 19.7. The molecule has 0 saturated carbocycles. The van der Waals surface area contributed by atoms with Crippen molar-refractivity contribution in [1.82, 2.24) is 5.01 Å². The molecule has 2 aliphatic heterocycles. The Labute approximate surface area is 173 Å². The van der Waals surface area contributed by atoms with Crippen LogP contribution in [0.2, 0.25) is 0 Å². The number of carbonyl (C=O) groups excluding carboxylic acids is 2. The first-order valence-corrected chi connectivity index (χ1v) is 9.47. The van der Waals surface area contributed by atoms with E-state index in [9.17, 15) is 9.59 Å². The fraction of sp³-hybridized carbons (Fsp3) is 0.333. The topological polar surface area (TPSA) is 93.0 Å². The van der Waals surface area contributed by atoms with Gasteiger partial charge in [0.05, 0.1) is 27.0 Å². The van der Waals surface area contributed by atoms with Gasteiger partial charge in [-0.3, -0.25) is 14.6 Å². The Hall–Kier alpha value is -3.62. The summed E-state index contributed by atoms with van der Waals surface area (Å²) < 4.78 is 15.7. The number of fused-ring (bicyclic) bond motifs is 1. The van der Waals surface area contributed by atoms with Crippen LogP contribution in [0.5, 0.6) is 17.2 Å². The summed E-state index contributed by atoms with van der Waals surface area (Å²) in [5.74, 6) is 0.985. The summed E-state index contributed by atoms with van der Waals surface area (Å²) in [4.78, 5) is 27.1. The first-order chi connectivity index (χ1) is 14.6. The average Bonchev–Trinajstić information content (AvgIpc) is 3.31. The van der Waals surface area contributed by atoms with Crippen molar-refractivity contribution < 1.29 is 23.8 Å². The zero-order valence-corrected chi connectivity index (χ0v) is 16.9. The molecule has 2 aromatic carbocycles. The van der Waals surface area contributed by atoms with E-state index in [1.165, 1.54) is 14.2 Å². The Balaban J connectivity index is 1.50. The number of methoxy groups -OCH3 is 3. The zero-order chi connectivity index (χ0) is 21.3. The van der Waals surface area contributed by atoms with Gasteiger partial charge in [-0.1, -0.05) is 17.4 Å². The van der Waals surface area contributed by atoms with E-state index in [2.05, 4.69) is 10.3 Å². The van der Waals surface area contributed by atoms with Crippen LogP contribution in [0.15, 0.2) is 52.8 Å². The number of nitrogens with zero attached hydrogens (tertiary/aromatic N) is 4. The van der Waals surface area contributed by atoms with Crippen LogP contribution in [0.3, 0.4) is 0 Å². The standard InChI is InChI=1S/C21H22N4O5/c1-28-15-7-4-13(5-8-15)10-11-24-19-18(22-23-24)20(26)25(21(19)27)14-6-9-16(29-2)17(12-14)30-3/h4-9,12,18-19H,10-11H2,1-3H3/t18-,19-/m0/s1. The van der Waals surface area contributed by atoms with Crippen molar-refractivity contribution in [2.75, 3.05) is 32.8 Å². The summed E-state index contributed by atoms with van der Waals surface area (Å²) in [5, 5.41) is 9.74. The Bertz CT molecular complexity index is 991. The number of ether oxygens (including phenoxy) is 3. The molecule has 2 aromatic rings. The lowest BCUT2D eigenvalue weighted by atomic mass is 10.1. The lowest BCUT2D eigenvalue weighted by molar-refractivity contribution is -0.123. The summed E-state index contributed by atoms with van der Waals surface area (Å²) in [5.41, 5.74) is 1.49. The Morgan fingerprint density at radius 3 is 2.30 bits per heavy atom. The lowest BCUT2D eigenvalue weighted by Gasteiger charge is -2.21. The molecular formula is C21H22N4O5. The summed E-state index contributed by atoms with van der Waals surface area (Å²) >= 11 is 0. The third-order valence-corrected chi connectivity index (χ3v) is 5.27. The highest BCUT2D eigenvalue weighted by atomic mass is 16.5. The SMILES string of the molecule is COc1ccc(CCN2N=N[C@@H]3C(=O)N(c4ccc(OC)c(OC)c4)C(=O)[C@H]32)cc1. The largest absolute Gasteiger partial charge is 0.497 e. The van der Waals surface area contributed by atoms with E-state index in [1.807, 2.05) is 24.3 Å². The molecule has 1 saturated heterocycles. The molecule has 1 fully saturated rings. The number of imide groups is 1. The van der Waals surface area contributed by atoms with Gasteiger partial charge in [-0.25, -0.2) is 4.90 Å². The fourth-order valence-electron chi connectivity index (χ4n) is 3.66. The van der Waals surface area contributed by atoms with Crippen LogP contribution in [0.4, 0.5) is 5.69 Å². The second kappa shape index (κ2) is 8.02. The highest BCUT2D eigenvalue weighted by Gasteiger charge is 2.54. The zero-order valence-electron chi connectivity index (χ0n) is 16.9. The van der Waals surface area contributed by atoms with Crippen LogP contribution in [0.25, 0.3) is 0 Å². The van der Waals surface area contributed by atoms with E-state index >= 15 is 0 Å². The van der Waals surface area contributed by atoms with E-state index in [1.54, 1.807) is 30.3 Å². The fourth-order valence-corrected chi connectivity index (χ4v) is 3.66. The van der Waals surface area contributed by atoms with Crippen molar-refractivity contribution in [2.24, 2.45) is 10.3 Å².